The summed E-state index contributed by atoms with van der Waals surface area (Å²) in [7, 11) is 3.23. The maximum absolute atomic E-state index is 12.7. The molecule has 0 amide bonds. The van der Waals surface area contributed by atoms with Gasteiger partial charge in [-0.2, -0.15) is 13.2 Å². The van der Waals surface area contributed by atoms with Gasteiger partial charge in [0.2, 0.25) is 0 Å². The lowest BCUT2D eigenvalue weighted by Crippen LogP contribution is -2.30. The number of methoxy groups -OCH3 is 2. The van der Waals surface area contributed by atoms with Crippen LogP contribution >= 0.6 is 0 Å². The molecule has 0 radical (unpaired) electrons. The molecule has 0 fully saturated rings. The van der Waals surface area contributed by atoms with E-state index in [-0.39, 0.29) is 6.04 Å². The van der Waals surface area contributed by atoms with Crippen LogP contribution in [0.25, 0.3) is 0 Å². The molecule has 0 saturated heterocycles. The van der Waals surface area contributed by atoms with E-state index in [2.05, 4.69) is 5.32 Å². The van der Waals surface area contributed by atoms with E-state index in [9.17, 15) is 13.2 Å². The van der Waals surface area contributed by atoms with Gasteiger partial charge in [-0.1, -0.05) is 12.1 Å². The molecule has 2 N–H and O–H groups in total. The minimum atomic E-state index is -4.29. The van der Waals surface area contributed by atoms with Gasteiger partial charge in [-0.25, -0.2) is 0 Å². The average molecular weight is 425 g/mol. The molecule has 1 unspecified atom stereocenters. The normalized spacial score (nSPS) is 15.5. The monoisotopic (exact) mass is 425 g/mol. The third kappa shape index (κ3) is 6.38. The lowest BCUT2D eigenvalue weighted by Gasteiger charge is -2.28. The Morgan fingerprint density at radius 2 is 1.70 bits per heavy atom. The predicted octanol–water partition coefficient (Wildman–Crippen LogP) is 4.63. The Balaban J connectivity index is 0.000000735. The topological polar surface area (TPSA) is 67.8 Å². The second-order valence-corrected chi connectivity index (χ2v) is 6.92. The number of nitrogens with one attached hydrogen (secondary N) is 1. The highest BCUT2D eigenvalue weighted by atomic mass is 19.4. The fourth-order valence-corrected chi connectivity index (χ4v) is 3.40. The van der Waals surface area contributed by atoms with Gasteiger partial charge in [0.1, 0.15) is 0 Å². The summed E-state index contributed by atoms with van der Waals surface area (Å²) in [5, 5.41) is 10.9. The molecule has 0 aliphatic carbocycles. The molecule has 2 aromatic carbocycles. The van der Waals surface area contributed by atoms with Crippen molar-refractivity contribution in [2.24, 2.45) is 0 Å². The first-order valence-corrected chi connectivity index (χ1v) is 9.49. The zero-order valence-electron chi connectivity index (χ0n) is 17.2. The maximum Gasteiger partial charge on any atom is 0.416 e. The number of carboxylic acid groups (broad SMARTS) is 1. The van der Waals surface area contributed by atoms with Crippen molar-refractivity contribution in [2.45, 2.75) is 38.4 Å². The number of alkyl halides is 3. The predicted molar refractivity (Wildman–Crippen MR) is 107 cm³/mol. The van der Waals surface area contributed by atoms with Gasteiger partial charge in [-0.3, -0.25) is 4.79 Å². The summed E-state index contributed by atoms with van der Waals surface area (Å²) >= 11 is 0. The zero-order valence-corrected chi connectivity index (χ0v) is 17.2. The molecule has 0 bridgehead atoms. The van der Waals surface area contributed by atoms with Crippen LogP contribution in [0.5, 0.6) is 11.5 Å². The Labute approximate surface area is 173 Å². The molecule has 1 aliphatic heterocycles. The second kappa shape index (κ2) is 10.3. The Kier molecular flexibility index (Phi) is 8.11. The van der Waals surface area contributed by atoms with Crippen molar-refractivity contribution in [2.75, 3.05) is 20.8 Å². The molecule has 0 saturated carbocycles. The molecular weight excluding hydrogens is 399 g/mol. The van der Waals surface area contributed by atoms with Gasteiger partial charge in [-0.15, -0.1) is 0 Å². The van der Waals surface area contributed by atoms with E-state index < -0.39 is 17.7 Å². The summed E-state index contributed by atoms with van der Waals surface area (Å²) in [5.41, 5.74) is 2.67. The maximum atomic E-state index is 12.7. The highest BCUT2D eigenvalue weighted by Gasteiger charge is 2.30. The fourth-order valence-electron chi connectivity index (χ4n) is 3.40. The minimum Gasteiger partial charge on any atom is -0.493 e. The van der Waals surface area contributed by atoms with E-state index in [0.717, 1.165) is 49.8 Å². The third-order valence-corrected chi connectivity index (χ3v) is 4.81. The largest absolute Gasteiger partial charge is 0.493 e. The van der Waals surface area contributed by atoms with Crippen molar-refractivity contribution in [3.05, 3.63) is 58.7 Å². The standard InChI is InChI=1S/C20H22F3NO2.C2H4O2/c1-25-18-11-14-9-10-24-17(16(14)12-19(18)26-2)8-5-13-3-6-15(7-4-13)20(21,22)23;1-2(3)4/h3-4,6-7,11-12,17,24H,5,8-10H2,1-2H3;1H3,(H,3,4). The number of hydrogen-bond donors (Lipinski definition) is 2. The highest BCUT2D eigenvalue weighted by molar-refractivity contribution is 5.63. The van der Waals surface area contributed by atoms with E-state index in [1.165, 1.54) is 11.1 Å². The van der Waals surface area contributed by atoms with Gasteiger partial charge < -0.3 is 19.9 Å². The number of ether oxygens (including phenoxy) is 2. The molecule has 2 aromatic rings. The van der Waals surface area contributed by atoms with Crippen LogP contribution in [0.4, 0.5) is 13.2 Å². The first-order valence-electron chi connectivity index (χ1n) is 9.49. The summed E-state index contributed by atoms with van der Waals surface area (Å²) < 4.78 is 48.8. The van der Waals surface area contributed by atoms with Crippen LogP contribution < -0.4 is 14.8 Å². The summed E-state index contributed by atoms with van der Waals surface area (Å²) in [6, 6.07) is 9.55. The number of fused-ring (bicyclic) bond motifs is 1. The van der Waals surface area contributed by atoms with Crippen molar-refractivity contribution in [3.8, 4) is 11.5 Å². The van der Waals surface area contributed by atoms with E-state index in [4.69, 9.17) is 19.4 Å². The van der Waals surface area contributed by atoms with Gasteiger partial charge in [0.05, 0.1) is 19.8 Å². The van der Waals surface area contributed by atoms with Crippen molar-refractivity contribution in [1.29, 1.82) is 0 Å². The van der Waals surface area contributed by atoms with Gasteiger partial charge in [-0.05, 0) is 66.8 Å². The molecule has 1 atom stereocenters. The summed E-state index contributed by atoms with van der Waals surface area (Å²) in [5.74, 6) is 0.573. The molecule has 3 rings (SSSR count). The van der Waals surface area contributed by atoms with E-state index >= 15 is 0 Å². The fraction of sp³-hybridized carbons (Fsp3) is 0.409. The SMILES string of the molecule is CC(=O)O.COc1cc2c(cc1OC)C(CCc1ccc(C(F)(F)F)cc1)NCC2. The van der Waals surface area contributed by atoms with Gasteiger partial charge in [0.25, 0.3) is 5.97 Å². The van der Waals surface area contributed by atoms with Crippen molar-refractivity contribution in [1.82, 2.24) is 5.32 Å². The molecular formula is C22H26F3NO4. The van der Waals surface area contributed by atoms with E-state index in [0.29, 0.717) is 12.2 Å². The van der Waals surface area contributed by atoms with Crippen LogP contribution in [0.3, 0.4) is 0 Å². The quantitative estimate of drug-likeness (QED) is 0.731. The number of benzene rings is 2. The average Bonchev–Trinajstić information content (AvgIpc) is 2.70. The van der Waals surface area contributed by atoms with Gasteiger partial charge >= 0.3 is 6.18 Å². The highest BCUT2D eigenvalue weighted by Crippen LogP contribution is 2.36. The lowest BCUT2D eigenvalue weighted by molar-refractivity contribution is -0.137. The number of carboxylic acids is 1. The molecule has 30 heavy (non-hydrogen) atoms. The Bertz CT molecular complexity index is 847. The molecule has 8 heteroatoms. The Morgan fingerprint density at radius 1 is 1.13 bits per heavy atom. The lowest BCUT2D eigenvalue weighted by atomic mass is 9.90. The third-order valence-electron chi connectivity index (χ3n) is 4.81. The first-order chi connectivity index (χ1) is 14.2. The van der Waals surface area contributed by atoms with Crippen LogP contribution in [-0.4, -0.2) is 31.8 Å². The second-order valence-electron chi connectivity index (χ2n) is 6.92. The van der Waals surface area contributed by atoms with Crippen molar-refractivity contribution in [3.63, 3.8) is 0 Å². The molecule has 5 nitrogen and oxygen atoms in total. The van der Waals surface area contributed by atoms with Crippen molar-refractivity contribution >= 4 is 5.97 Å². The van der Waals surface area contributed by atoms with Crippen LogP contribution in [0.1, 0.15) is 41.6 Å². The summed E-state index contributed by atoms with van der Waals surface area (Å²) in [6.07, 6.45) is -1.89. The number of rotatable bonds is 5. The van der Waals surface area contributed by atoms with Crippen LogP contribution in [0.2, 0.25) is 0 Å². The number of hydrogen-bond acceptors (Lipinski definition) is 4. The number of carbonyl (C=O) groups is 1. The van der Waals surface area contributed by atoms with E-state index in [1.54, 1.807) is 26.4 Å². The van der Waals surface area contributed by atoms with Crippen LogP contribution in [-0.2, 0) is 23.8 Å². The summed E-state index contributed by atoms with van der Waals surface area (Å²) in [4.78, 5) is 9.00. The Hall–Kier alpha value is -2.74. The zero-order chi connectivity index (χ0) is 22.3. The number of aliphatic carboxylic acids is 1. The van der Waals surface area contributed by atoms with Gasteiger partial charge in [0, 0.05) is 13.0 Å². The van der Waals surface area contributed by atoms with Gasteiger partial charge in [0.15, 0.2) is 11.5 Å². The van der Waals surface area contributed by atoms with Crippen LogP contribution in [0, 0.1) is 0 Å². The van der Waals surface area contributed by atoms with Crippen molar-refractivity contribution < 1.29 is 32.5 Å². The molecule has 1 aliphatic rings. The Morgan fingerprint density at radius 3 is 2.23 bits per heavy atom. The van der Waals surface area contributed by atoms with Crippen LogP contribution in [0.15, 0.2) is 36.4 Å². The van der Waals surface area contributed by atoms with E-state index in [1.807, 2.05) is 12.1 Å². The number of aryl methyl sites for hydroxylation is 1. The molecule has 1 heterocycles. The first kappa shape index (κ1) is 23.5. The molecule has 0 aromatic heterocycles. The molecule has 164 valence electrons. The summed E-state index contributed by atoms with van der Waals surface area (Å²) in [6.45, 7) is 1.94. The molecule has 0 spiro atoms. The number of halogens is 3. The minimum absolute atomic E-state index is 0.140. The smallest absolute Gasteiger partial charge is 0.416 e.